The molecule has 156 valence electrons. The van der Waals surface area contributed by atoms with Gasteiger partial charge in [0.2, 0.25) is 0 Å². The fourth-order valence-electron chi connectivity index (χ4n) is 3.04. The normalized spacial score (nSPS) is 11.6. The Morgan fingerprint density at radius 3 is 2.60 bits per heavy atom. The number of unbranched alkanes of at least 4 members (excludes halogenated alkanes) is 1. The van der Waals surface area contributed by atoms with Gasteiger partial charge in [-0.2, -0.15) is 0 Å². The Labute approximate surface area is 178 Å². The summed E-state index contributed by atoms with van der Waals surface area (Å²) in [5, 5.41) is 20.7. The van der Waals surface area contributed by atoms with Crippen molar-refractivity contribution in [2.75, 3.05) is 0 Å². The van der Waals surface area contributed by atoms with Crippen LogP contribution in [0.1, 0.15) is 52.2 Å². The van der Waals surface area contributed by atoms with Crippen LogP contribution < -0.4 is 0 Å². The second kappa shape index (κ2) is 9.98. The maximum Gasteiger partial charge on any atom is 0.337 e. The molecule has 7 nitrogen and oxygen atoms in total. The number of rotatable bonds is 10. The molecule has 0 fully saturated rings. The van der Waals surface area contributed by atoms with Gasteiger partial charge in [-0.1, -0.05) is 19.4 Å². The van der Waals surface area contributed by atoms with Crippen LogP contribution in [0.15, 0.2) is 47.6 Å². The van der Waals surface area contributed by atoms with E-state index in [1.54, 1.807) is 18.3 Å². The molecule has 2 N–H and O–H groups in total. The highest BCUT2D eigenvalue weighted by atomic mass is 32.1. The van der Waals surface area contributed by atoms with Crippen molar-refractivity contribution in [2.45, 2.75) is 39.2 Å². The van der Waals surface area contributed by atoms with Gasteiger partial charge >= 0.3 is 11.9 Å². The van der Waals surface area contributed by atoms with Crippen molar-refractivity contribution >= 4 is 29.4 Å². The van der Waals surface area contributed by atoms with E-state index in [1.165, 1.54) is 23.6 Å². The van der Waals surface area contributed by atoms with E-state index in [9.17, 15) is 14.7 Å². The lowest BCUT2D eigenvalue weighted by molar-refractivity contribution is -0.132. The van der Waals surface area contributed by atoms with E-state index in [1.807, 2.05) is 22.1 Å². The van der Waals surface area contributed by atoms with Gasteiger partial charge in [0.05, 0.1) is 29.7 Å². The maximum absolute atomic E-state index is 11.8. The van der Waals surface area contributed by atoms with E-state index in [2.05, 4.69) is 16.9 Å². The van der Waals surface area contributed by atoms with Gasteiger partial charge in [0.1, 0.15) is 5.82 Å². The van der Waals surface area contributed by atoms with Crippen molar-refractivity contribution in [3.05, 3.63) is 75.3 Å². The predicted octanol–water partition coefficient (Wildman–Crippen LogP) is 4.14. The smallest absolute Gasteiger partial charge is 0.337 e. The third-order valence-corrected chi connectivity index (χ3v) is 5.53. The highest BCUT2D eigenvalue weighted by molar-refractivity contribution is 7.09. The Kier molecular flexibility index (Phi) is 7.13. The molecule has 3 aromatic heterocycles. The number of carboxylic acid groups (broad SMARTS) is 2. The monoisotopic (exact) mass is 425 g/mol. The van der Waals surface area contributed by atoms with Gasteiger partial charge in [-0.15, -0.1) is 11.3 Å². The minimum Gasteiger partial charge on any atom is -0.478 e. The highest BCUT2D eigenvalue weighted by Gasteiger charge is 2.15. The first-order valence-corrected chi connectivity index (χ1v) is 10.5. The van der Waals surface area contributed by atoms with Crippen LogP contribution in [-0.2, 0) is 24.2 Å². The number of carboxylic acids is 2. The fourth-order valence-corrected chi connectivity index (χ4v) is 3.76. The minimum atomic E-state index is -1.02. The van der Waals surface area contributed by atoms with E-state index in [0.29, 0.717) is 24.4 Å². The molecule has 3 heterocycles. The van der Waals surface area contributed by atoms with Crippen LogP contribution in [0.2, 0.25) is 0 Å². The van der Waals surface area contributed by atoms with Crippen LogP contribution in [0.3, 0.4) is 0 Å². The summed E-state index contributed by atoms with van der Waals surface area (Å²) in [6.45, 7) is 2.49. The van der Waals surface area contributed by atoms with Crippen LogP contribution in [0.5, 0.6) is 0 Å². The molecule has 0 unspecified atom stereocenters. The summed E-state index contributed by atoms with van der Waals surface area (Å²) in [7, 11) is 0. The second-order valence-corrected chi connectivity index (χ2v) is 7.90. The first-order chi connectivity index (χ1) is 14.5. The van der Waals surface area contributed by atoms with Crippen molar-refractivity contribution < 1.29 is 19.8 Å². The Hall–Kier alpha value is -3.26. The Bertz CT molecular complexity index is 1040. The van der Waals surface area contributed by atoms with Gasteiger partial charge in [-0.3, -0.25) is 4.98 Å². The third-order valence-electron chi connectivity index (χ3n) is 4.66. The van der Waals surface area contributed by atoms with Crippen molar-refractivity contribution in [1.82, 2.24) is 14.5 Å². The molecule has 0 bridgehead atoms. The maximum atomic E-state index is 11.8. The van der Waals surface area contributed by atoms with Crippen LogP contribution in [0, 0.1) is 0 Å². The first-order valence-electron chi connectivity index (χ1n) is 9.66. The van der Waals surface area contributed by atoms with E-state index in [4.69, 9.17) is 5.11 Å². The average molecular weight is 426 g/mol. The lowest BCUT2D eigenvalue weighted by Gasteiger charge is -2.11. The van der Waals surface area contributed by atoms with Gasteiger partial charge in [0.15, 0.2) is 0 Å². The first kappa shape index (κ1) is 21.4. The molecule has 0 saturated carbocycles. The highest BCUT2D eigenvalue weighted by Crippen LogP contribution is 2.19. The summed E-state index contributed by atoms with van der Waals surface area (Å²) in [6, 6.07) is 7.00. The predicted molar refractivity (Wildman–Crippen MR) is 115 cm³/mol. The lowest BCUT2D eigenvalue weighted by atomic mass is 10.1. The number of imidazole rings is 1. The number of thiophene rings is 1. The van der Waals surface area contributed by atoms with Crippen molar-refractivity contribution in [1.29, 1.82) is 0 Å². The Morgan fingerprint density at radius 2 is 2.00 bits per heavy atom. The van der Waals surface area contributed by atoms with Crippen LogP contribution in [-0.4, -0.2) is 36.7 Å². The van der Waals surface area contributed by atoms with Gasteiger partial charge in [0.25, 0.3) is 0 Å². The number of nitrogens with zero attached hydrogens (tertiary/aromatic N) is 3. The molecule has 3 aromatic rings. The molecule has 0 aromatic carbocycles. The van der Waals surface area contributed by atoms with Gasteiger partial charge < -0.3 is 14.8 Å². The molecule has 0 amide bonds. The number of hydrogen-bond acceptors (Lipinski definition) is 5. The van der Waals surface area contributed by atoms with Crippen molar-refractivity contribution in [3.63, 3.8) is 0 Å². The van der Waals surface area contributed by atoms with Gasteiger partial charge in [0, 0.05) is 29.5 Å². The summed E-state index contributed by atoms with van der Waals surface area (Å²) >= 11 is 1.52. The van der Waals surface area contributed by atoms with Gasteiger partial charge in [-0.05, 0) is 36.1 Å². The summed E-state index contributed by atoms with van der Waals surface area (Å²) < 4.78 is 1.95. The summed E-state index contributed by atoms with van der Waals surface area (Å²) in [4.78, 5) is 32.6. The van der Waals surface area contributed by atoms with Crippen LogP contribution in [0.25, 0.3) is 6.08 Å². The molecule has 30 heavy (non-hydrogen) atoms. The molecule has 0 aliphatic carbocycles. The summed E-state index contributed by atoms with van der Waals surface area (Å²) in [5.74, 6) is -1.13. The quantitative estimate of drug-likeness (QED) is 0.473. The molecular weight excluding hydrogens is 402 g/mol. The summed E-state index contributed by atoms with van der Waals surface area (Å²) in [6.07, 6.45) is 7.77. The van der Waals surface area contributed by atoms with E-state index in [-0.39, 0.29) is 11.1 Å². The van der Waals surface area contributed by atoms with Crippen molar-refractivity contribution in [2.24, 2.45) is 0 Å². The average Bonchev–Trinajstić information content (AvgIpc) is 3.37. The summed E-state index contributed by atoms with van der Waals surface area (Å²) in [5.41, 5.74) is 1.79. The van der Waals surface area contributed by atoms with E-state index < -0.39 is 11.9 Å². The Morgan fingerprint density at radius 1 is 1.17 bits per heavy atom. The Balaban J connectivity index is 1.94. The molecule has 0 atom stereocenters. The SMILES string of the molecule is CCCCc1ncc(/C=C(\Cc2cccs2)C(=O)O)n1Cc1ccc(C(=O)O)cn1. The fraction of sp³-hybridized carbons (Fsp3) is 0.273. The standard InChI is InChI=1S/C22H23N3O4S/c1-2-3-6-20-24-13-18(10-16(22(28)29)11-19-5-4-9-30-19)25(20)14-17-8-7-15(12-23-17)21(26)27/h4-5,7-10,12-13H,2-3,6,11,14H2,1H3,(H,26,27)(H,28,29)/b16-10+. The van der Waals surface area contributed by atoms with Crippen molar-refractivity contribution in [3.8, 4) is 0 Å². The number of aromatic nitrogens is 3. The molecule has 3 rings (SSSR count). The van der Waals surface area contributed by atoms with E-state index in [0.717, 1.165) is 30.0 Å². The third kappa shape index (κ3) is 5.42. The largest absolute Gasteiger partial charge is 0.478 e. The van der Waals surface area contributed by atoms with Gasteiger partial charge in [-0.25, -0.2) is 14.6 Å². The number of hydrogen-bond donors (Lipinski definition) is 2. The molecule has 0 aliphatic heterocycles. The molecule has 8 heteroatoms. The number of aryl methyl sites for hydroxylation is 1. The second-order valence-electron chi connectivity index (χ2n) is 6.86. The zero-order valence-electron chi connectivity index (χ0n) is 16.6. The molecule has 0 aliphatic rings. The molecular formula is C22H23N3O4S. The lowest BCUT2D eigenvalue weighted by Crippen LogP contribution is -2.10. The number of carbonyl (C=O) groups is 2. The molecule has 0 saturated heterocycles. The van der Waals surface area contributed by atoms with E-state index >= 15 is 0 Å². The molecule has 0 radical (unpaired) electrons. The number of aromatic carboxylic acids is 1. The van der Waals surface area contributed by atoms with Crippen LogP contribution >= 0.6 is 11.3 Å². The zero-order chi connectivity index (χ0) is 21.5. The van der Waals surface area contributed by atoms with Crippen LogP contribution in [0.4, 0.5) is 0 Å². The zero-order valence-corrected chi connectivity index (χ0v) is 17.4. The molecule has 0 spiro atoms. The minimum absolute atomic E-state index is 0.125. The number of aliphatic carboxylic acids is 1. The number of pyridine rings is 1. The topological polar surface area (TPSA) is 105 Å².